The number of carbonyl (C=O) groups excluding carboxylic acids is 1. The molecule has 0 spiro atoms. The van der Waals surface area contributed by atoms with Crippen LogP contribution in [0.4, 0.5) is 0 Å². The maximum Gasteiger partial charge on any atom is 0.241 e. The van der Waals surface area contributed by atoms with Gasteiger partial charge in [0.2, 0.25) is 5.91 Å². The SMILES string of the molecule is O=C(C1CC(c2ccncc2)NN1)N1CCCCC1c1nc2ccccc2[nH]1. The lowest BCUT2D eigenvalue weighted by Crippen LogP contribution is -2.48. The largest absolute Gasteiger partial charge is 0.340 e. The van der Waals surface area contributed by atoms with Gasteiger partial charge in [0.1, 0.15) is 11.9 Å². The van der Waals surface area contributed by atoms with Gasteiger partial charge in [-0.3, -0.25) is 9.78 Å². The van der Waals surface area contributed by atoms with E-state index in [0.717, 1.165) is 54.6 Å². The minimum absolute atomic E-state index is 0.00965. The molecule has 7 nitrogen and oxygen atoms in total. The van der Waals surface area contributed by atoms with Crippen molar-refractivity contribution in [3.05, 3.63) is 60.2 Å². The van der Waals surface area contributed by atoms with Crippen molar-refractivity contribution in [2.75, 3.05) is 6.54 Å². The van der Waals surface area contributed by atoms with E-state index in [9.17, 15) is 4.79 Å². The molecule has 28 heavy (non-hydrogen) atoms. The number of rotatable bonds is 3. The minimum Gasteiger partial charge on any atom is -0.340 e. The van der Waals surface area contributed by atoms with Crippen LogP contribution in [0.25, 0.3) is 11.0 Å². The lowest BCUT2D eigenvalue weighted by molar-refractivity contribution is -0.137. The number of hydrazine groups is 1. The smallest absolute Gasteiger partial charge is 0.241 e. The number of piperidine rings is 1. The second-order valence-electron chi connectivity index (χ2n) is 7.59. The van der Waals surface area contributed by atoms with Crippen LogP contribution in [0, 0.1) is 0 Å². The highest BCUT2D eigenvalue weighted by Crippen LogP contribution is 2.32. The van der Waals surface area contributed by atoms with Gasteiger partial charge >= 0.3 is 0 Å². The summed E-state index contributed by atoms with van der Waals surface area (Å²) in [5.74, 6) is 1.04. The fourth-order valence-corrected chi connectivity index (χ4v) is 4.34. The first-order chi connectivity index (χ1) is 13.8. The summed E-state index contributed by atoms with van der Waals surface area (Å²) in [6.07, 6.45) is 7.40. The fraction of sp³-hybridized carbons (Fsp3) is 0.381. The minimum atomic E-state index is -0.233. The molecule has 3 atom stereocenters. The average molecular weight is 376 g/mol. The molecule has 1 amide bonds. The van der Waals surface area contributed by atoms with Gasteiger partial charge in [0, 0.05) is 25.0 Å². The number of imidazole rings is 1. The van der Waals surface area contributed by atoms with Crippen LogP contribution < -0.4 is 10.9 Å². The molecular formula is C21H24N6O. The Balaban J connectivity index is 1.35. The predicted octanol–water partition coefficient (Wildman–Crippen LogP) is 2.62. The lowest BCUT2D eigenvalue weighted by atomic mass is 9.98. The van der Waals surface area contributed by atoms with Crippen molar-refractivity contribution < 1.29 is 4.79 Å². The van der Waals surface area contributed by atoms with Crippen LogP contribution in [0.2, 0.25) is 0 Å². The van der Waals surface area contributed by atoms with Gasteiger partial charge in [0.05, 0.1) is 17.1 Å². The predicted molar refractivity (Wildman–Crippen MR) is 106 cm³/mol. The number of carbonyl (C=O) groups is 1. The van der Waals surface area contributed by atoms with Gasteiger partial charge < -0.3 is 9.88 Å². The van der Waals surface area contributed by atoms with Gasteiger partial charge in [-0.15, -0.1) is 0 Å². The molecule has 2 saturated heterocycles. The topological polar surface area (TPSA) is 85.9 Å². The standard InChI is InChI=1S/C21H24N6O/c28-21(18-13-17(25-26-18)14-8-10-22-11-9-14)27-12-4-3-7-19(27)20-23-15-5-1-2-6-16(15)24-20/h1-2,5-6,8-11,17-19,25-26H,3-4,7,12-13H2,(H,23,24). The van der Waals surface area contributed by atoms with Crippen LogP contribution in [0.5, 0.6) is 0 Å². The number of para-hydroxylation sites is 2. The van der Waals surface area contributed by atoms with Gasteiger partial charge in [-0.1, -0.05) is 12.1 Å². The molecule has 4 heterocycles. The van der Waals surface area contributed by atoms with Crippen molar-refractivity contribution >= 4 is 16.9 Å². The van der Waals surface area contributed by atoms with E-state index >= 15 is 0 Å². The quantitative estimate of drug-likeness (QED) is 0.654. The molecule has 1 aromatic carbocycles. The highest BCUT2D eigenvalue weighted by atomic mass is 16.2. The number of pyridine rings is 1. The molecule has 2 fully saturated rings. The van der Waals surface area contributed by atoms with E-state index in [2.05, 4.69) is 20.8 Å². The highest BCUT2D eigenvalue weighted by molar-refractivity contribution is 5.83. The Bertz CT molecular complexity index is 938. The van der Waals surface area contributed by atoms with Gasteiger partial charge in [0.15, 0.2) is 0 Å². The van der Waals surface area contributed by atoms with E-state index < -0.39 is 0 Å². The van der Waals surface area contributed by atoms with Crippen molar-refractivity contribution in [1.29, 1.82) is 0 Å². The molecule has 0 bridgehead atoms. The zero-order valence-electron chi connectivity index (χ0n) is 15.6. The monoisotopic (exact) mass is 376 g/mol. The number of hydrogen-bond donors (Lipinski definition) is 3. The second kappa shape index (κ2) is 7.33. The van der Waals surface area contributed by atoms with Gasteiger partial charge in [-0.05, 0) is 55.5 Å². The third-order valence-corrected chi connectivity index (χ3v) is 5.82. The van der Waals surface area contributed by atoms with Gasteiger partial charge in [-0.2, -0.15) is 0 Å². The maximum absolute atomic E-state index is 13.3. The molecule has 0 radical (unpaired) electrons. The summed E-state index contributed by atoms with van der Waals surface area (Å²) in [5, 5.41) is 0. The molecule has 0 saturated carbocycles. The number of benzene rings is 1. The van der Waals surface area contributed by atoms with E-state index in [1.165, 1.54) is 0 Å². The summed E-state index contributed by atoms with van der Waals surface area (Å²) in [7, 11) is 0. The van der Waals surface area contributed by atoms with Crippen molar-refractivity contribution in [3.63, 3.8) is 0 Å². The van der Waals surface area contributed by atoms with Crippen LogP contribution in [0.1, 0.15) is 49.2 Å². The zero-order valence-corrected chi connectivity index (χ0v) is 15.6. The Kier molecular flexibility index (Phi) is 4.54. The molecule has 5 rings (SSSR count). The van der Waals surface area contributed by atoms with Gasteiger partial charge in [0.25, 0.3) is 0 Å². The van der Waals surface area contributed by atoms with E-state index in [1.54, 1.807) is 12.4 Å². The number of H-pyrrole nitrogens is 1. The Morgan fingerprint density at radius 3 is 2.79 bits per heavy atom. The van der Waals surface area contributed by atoms with Crippen molar-refractivity contribution in [2.24, 2.45) is 0 Å². The molecule has 3 aromatic rings. The molecule has 3 unspecified atom stereocenters. The fourth-order valence-electron chi connectivity index (χ4n) is 4.34. The zero-order chi connectivity index (χ0) is 18.9. The lowest BCUT2D eigenvalue weighted by Gasteiger charge is -2.36. The number of hydrogen-bond acceptors (Lipinski definition) is 5. The number of fused-ring (bicyclic) bond motifs is 1. The summed E-state index contributed by atoms with van der Waals surface area (Å²) in [6.45, 7) is 0.776. The normalized spacial score (nSPS) is 25.3. The van der Waals surface area contributed by atoms with E-state index in [4.69, 9.17) is 4.98 Å². The molecule has 2 aliphatic heterocycles. The molecule has 0 aliphatic carbocycles. The molecule has 144 valence electrons. The summed E-state index contributed by atoms with van der Waals surface area (Å²) in [6, 6.07) is 11.9. The van der Waals surface area contributed by atoms with Crippen LogP contribution in [-0.4, -0.2) is 38.3 Å². The van der Waals surface area contributed by atoms with Crippen molar-refractivity contribution in [2.45, 2.75) is 43.8 Å². The average Bonchev–Trinajstić information content (AvgIpc) is 3.41. The third kappa shape index (κ3) is 3.16. The van der Waals surface area contributed by atoms with E-state index in [-0.39, 0.29) is 24.0 Å². The molecule has 7 heteroatoms. The van der Waals surface area contributed by atoms with Crippen LogP contribution in [-0.2, 0) is 4.79 Å². The van der Waals surface area contributed by atoms with Crippen LogP contribution >= 0.6 is 0 Å². The molecular weight excluding hydrogens is 352 g/mol. The summed E-state index contributed by atoms with van der Waals surface area (Å²) in [5.41, 5.74) is 9.60. The summed E-state index contributed by atoms with van der Waals surface area (Å²) in [4.78, 5) is 27.6. The molecule has 2 aromatic heterocycles. The Morgan fingerprint density at radius 2 is 1.93 bits per heavy atom. The Hall–Kier alpha value is -2.77. The van der Waals surface area contributed by atoms with Gasteiger partial charge in [-0.25, -0.2) is 15.8 Å². The van der Waals surface area contributed by atoms with E-state index in [1.807, 2.05) is 41.3 Å². The number of amides is 1. The van der Waals surface area contributed by atoms with Crippen LogP contribution in [0.3, 0.4) is 0 Å². The first-order valence-electron chi connectivity index (χ1n) is 9.96. The molecule has 3 N–H and O–H groups in total. The van der Waals surface area contributed by atoms with Crippen molar-refractivity contribution in [3.8, 4) is 0 Å². The van der Waals surface area contributed by atoms with Crippen LogP contribution in [0.15, 0.2) is 48.8 Å². The number of likely N-dealkylation sites (tertiary alicyclic amines) is 1. The highest BCUT2D eigenvalue weighted by Gasteiger charge is 2.37. The Morgan fingerprint density at radius 1 is 1.07 bits per heavy atom. The number of aromatic amines is 1. The third-order valence-electron chi connectivity index (χ3n) is 5.82. The number of nitrogens with one attached hydrogen (secondary N) is 3. The second-order valence-corrected chi connectivity index (χ2v) is 7.59. The van der Waals surface area contributed by atoms with E-state index in [0.29, 0.717) is 0 Å². The molecule has 2 aliphatic rings. The number of nitrogens with zero attached hydrogens (tertiary/aromatic N) is 3. The summed E-state index contributed by atoms with van der Waals surface area (Å²) < 4.78 is 0. The first-order valence-corrected chi connectivity index (χ1v) is 9.96. The number of aromatic nitrogens is 3. The Labute approximate surface area is 163 Å². The first kappa shape index (κ1) is 17.3. The summed E-state index contributed by atoms with van der Waals surface area (Å²) >= 11 is 0. The van der Waals surface area contributed by atoms with Crippen molar-refractivity contribution in [1.82, 2.24) is 30.7 Å². The maximum atomic E-state index is 13.3.